The lowest BCUT2D eigenvalue weighted by Gasteiger charge is -2.31. The zero-order valence-electron chi connectivity index (χ0n) is 20.3. The molecule has 4 rings (SSSR count). The average molecular weight is 498 g/mol. The lowest BCUT2D eigenvalue weighted by Crippen LogP contribution is -2.22. The molecule has 0 fully saturated rings. The molecule has 0 amide bonds. The monoisotopic (exact) mass is 497 g/mol. The van der Waals surface area contributed by atoms with Gasteiger partial charge in [0.25, 0.3) is 0 Å². The Bertz CT molecular complexity index is 1240. The average Bonchev–Trinajstić information content (AvgIpc) is 2.94. The van der Waals surface area contributed by atoms with Crippen LogP contribution in [0.5, 0.6) is 0 Å². The van der Waals surface area contributed by atoms with Gasteiger partial charge in [-0.25, -0.2) is 9.59 Å². The first-order valence-corrected chi connectivity index (χ1v) is 13.1. The highest BCUT2D eigenvalue weighted by atomic mass is 31.1. The minimum atomic E-state index is -0.888. The fourth-order valence-electron chi connectivity index (χ4n) is 3.92. The molecule has 4 aromatic carbocycles. The van der Waals surface area contributed by atoms with Crippen LogP contribution in [0.1, 0.15) is 39.0 Å². The van der Waals surface area contributed by atoms with E-state index in [1.807, 2.05) is 36.4 Å². The van der Waals surface area contributed by atoms with Crippen molar-refractivity contribution in [2.24, 2.45) is 0 Å². The Morgan fingerprint density at radius 3 is 1.72 bits per heavy atom. The van der Waals surface area contributed by atoms with Gasteiger partial charge in [-0.3, -0.25) is 0 Å². The van der Waals surface area contributed by atoms with Crippen LogP contribution in [0, 0.1) is 0 Å². The van der Waals surface area contributed by atoms with Gasteiger partial charge >= 0.3 is 11.9 Å². The van der Waals surface area contributed by atoms with Crippen LogP contribution in [0.25, 0.3) is 0 Å². The molecule has 0 aromatic heterocycles. The fourth-order valence-corrected chi connectivity index (χ4v) is 6.55. The summed E-state index contributed by atoms with van der Waals surface area (Å²) in [6, 6.07) is 35.7. The molecule has 0 aliphatic carbocycles. The number of benzene rings is 4. The zero-order valence-corrected chi connectivity index (χ0v) is 21.2. The molecule has 0 saturated carbocycles. The Labute approximate surface area is 212 Å². The number of anilines is 1. The normalized spacial score (nSPS) is 11.5. The summed E-state index contributed by atoms with van der Waals surface area (Å²) in [5.41, 5.74) is 2.93. The van der Waals surface area contributed by atoms with Crippen LogP contribution in [-0.2, 0) is 9.47 Å². The summed E-state index contributed by atoms with van der Waals surface area (Å²) in [5.74, 6) is -0.811. The highest BCUT2D eigenvalue weighted by Crippen LogP contribution is 2.49. The molecule has 1 atom stereocenters. The molecule has 0 aliphatic heterocycles. The number of hydrogen-bond donors (Lipinski definition) is 1. The van der Waals surface area contributed by atoms with E-state index in [0.29, 0.717) is 17.7 Å². The molecular weight excluding hydrogens is 469 g/mol. The number of esters is 2. The predicted octanol–water partition coefficient (Wildman–Crippen LogP) is 5.89. The lowest BCUT2D eigenvalue weighted by molar-refractivity contribution is 0.0525. The number of carbonyl (C=O) groups is 2. The first-order valence-electron chi connectivity index (χ1n) is 11.7. The van der Waals surface area contributed by atoms with Gasteiger partial charge in [0.2, 0.25) is 0 Å². The van der Waals surface area contributed by atoms with E-state index in [1.54, 1.807) is 31.2 Å². The molecule has 6 heteroatoms. The minimum Gasteiger partial charge on any atom is -0.465 e. The van der Waals surface area contributed by atoms with E-state index in [0.717, 1.165) is 11.3 Å². The zero-order chi connectivity index (χ0) is 25.3. The van der Waals surface area contributed by atoms with Gasteiger partial charge in [0.1, 0.15) is 0 Å². The lowest BCUT2D eigenvalue weighted by atomic mass is 10.1. The number of nitrogens with one attached hydrogen (secondary N) is 1. The van der Waals surface area contributed by atoms with E-state index in [-0.39, 0.29) is 17.7 Å². The second-order valence-electron chi connectivity index (χ2n) is 8.00. The number of hydrogen-bond acceptors (Lipinski definition) is 5. The Kier molecular flexibility index (Phi) is 8.48. The molecule has 0 saturated heterocycles. The number of methoxy groups -OCH3 is 1. The summed E-state index contributed by atoms with van der Waals surface area (Å²) in [6.07, 6.45) is 0. The molecule has 4 aromatic rings. The van der Waals surface area contributed by atoms with Crippen LogP contribution in [0.4, 0.5) is 5.69 Å². The van der Waals surface area contributed by atoms with Gasteiger partial charge in [-0.15, -0.1) is 0 Å². The van der Waals surface area contributed by atoms with Crippen LogP contribution in [0.3, 0.4) is 0 Å². The maximum Gasteiger partial charge on any atom is 0.338 e. The summed E-state index contributed by atoms with van der Waals surface area (Å²) in [7, 11) is 0.492. The number of ether oxygens (including phenoxy) is 2. The number of carbonyl (C=O) groups excluding carboxylic acids is 2. The molecule has 36 heavy (non-hydrogen) atoms. The molecule has 1 N–H and O–H groups in total. The second kappa shape index (κ2) is 12.1. The highest BCUT2D eigenvalue weighted by molar-refractivity contribution is 7.73. The van der Waals surface area contributed by atoms with Gasteiger partial charge in [-0.05, 0) is 67.4 Å². The maximum absolute atomic E-state index is 12.1. The van der Waals surface area contributed by atoms with Crippen LogP contribution in [0.15, 0.2) is 109 Å². The van der Waals surface area contributed by atoms with E-state index in [1.165, 1.54) is 17.7 Å². The molecule has 1 unspecified atom stereocenters. The SMILES string of the molecule is CCOC(=O)c1ccc(NC(c2ccc(C(=O)OC)cc2)P(c2ccccc2)c2ccccc2)cc1. The highest BCUT2D eigenvalue weighted by Gasteiger charge is 2.27. The molecule has 5 nitrogen and oxygen atoms in total. The third-order valence-electron chi connectivity index (χ3n) is 5.67. The molecule has 0 spiro atoms. The van der Waals surface area contributed by atoms with Gasteiger partial charge in [-0.2, -0.15) is 0 Å². The fraction of sp³-hybridized carbons (Fsp3) is 0.133. The molecule has 0 heterocycles. The molecular formula is C30H28NO4P. The quantitative estimate of drug-likeness (QED) is 0.231. The first kappa shape index (κ1) is 25.2. The second-order valence-corrected chi connectivity index (χ2v) is 10.3. The van der Waals surface area contributed by atoms with Crippen molar-refractivity contribution in [1.29, 1.82) is 0 Å². The van der Waals surface area contributed by atoms with Crippen LogP contribution in [-0.4, -0.2) is 25.7 Å². The van der Waals surface area contributed by atoms with E-state index >= 15 is 0 Å². The van der Waals surface area contributed by atoms with Crippen LogP contribution >= 0.6 is 7.92 Å². The third kappa shape index (κ3) is 5.99. The molecule has 0 bridgehead atoms. The van der Waals surface area contributed by atoms with Crippen molar-refractivity contribution in [2.75, 3.05) is 19.0 Å². The van der Waals surface area contributed by atoms with E-state index < -0.39 is 7.92 Å². The number of rotatable bonds is 9. The Morgan fingerprint density at radius 1 is 0.722 bits per heavy atom. The van der Waals surface area contributed by atoms with Crippen molar-refractivity contribution in [1.82, 2.24) is 0 Å². The van der Waals surface area contributed by atoms with Crippen molar-refractivity contribution in [2.45, 2.75) is 12.7 Å². The summed E-state index contributed by atoms with van der Waals surface area (Å²) >= 11 is 0. The van der Waals surface area contributed by atoms with Gasteiger partial charge < -0.3 is 14.8 Å². The van der Waals surface area contributed by atoms with Crippen LogP contribution < -0.4 is 15.9 Å². The molecule has 0 aliphatic rings. The molecule has 182 valence electrons. The van der Waals surface area contributed by atoms with Crippen molar-refractivity contribution in [3.63, 3.8) is 0 Å². The Hall–Kier alpha value is -3.95. The standard InChI is InChI=1S/C30H28NO4P/c1-3-35-30(33)24-18-20-25(21-19-24)31-28(22-14-16-23(17-15-22)29(32)34-2)36(26-10-6-4-7-11-26)27-12-8-5-9-13-27/h4-21,28,31H,3H2,1-2H3. The van der Waals surface area contributed by atoms with Crippen LogP contribution in [0.2, 0.25) is 0 Å². The van der Waals surface area contributed by atoms with Crippen molar-refractivity contribution >= 4 is 36.2 Å². The summed E-state index contributed by atoms with van der Waals surface area (Å²) in [4.78, 5) is 24.1. The largest absolute Gasteiger partial charge is 0.465 e. The maximum atomic E-state index is 12.1. The van der Waals surface area contributed by atoms with E-state index in [2.05, 4.69) is 53.8 Å². The first-order chi connectivity index (χ1) is 17.6. The van der Waals surface area contributed by atoms with E-state index in [9.17, 15) is 9.59 Å². The van der Waals surface area contributed by atoms with E-state index in [4.69, 9.17) is 9.47 Å². The van der Waals surface area contributed by atoms with Crippen molar-refractivity contribution in [3.8, 4) is 0 Å². The van der Waals surface area contributed by atoms with Crippen molar-refractivity contribution < 1.29 is 19.1 Å². The summed E-state index contributed by atoms with van der Waals surface area (Å²) < 4.78 is 10.00. The van der Waals surface area contributed by atoms with Crippen molar-refractivity contribution in [3.05, 3.63) is 126 Å². The van der Waals surface area contributed by atoms with Gasteiger partial charge in [-0.1, -0.05) is 72.8 Å². The van der Waals surface area contributed by atoms with Gasteiger partial charge in [0.05, 0.1) is 30.6 Å². The minimum absolute atomic E-state index is 0.107. The Balaban J connectivity index is 1.77. The third-order valence-corrected chi connectivity index (χ3v) is 8.33. The smallest absolute Gasteiger partial charge is 0.338 e. The predicted molar refractivity (Wildman–Crippen MR) is 146 cm³/mol. The summed E-state index contributed by atoms with van der Waals surface area (Å²) in [5, 5.41) is 6.15. The molecule has 0 radical (unpaired) electrons. The summed E-state index contributed by atoms with van der Waals surface area (Å²) in [6.45, 7) is 2.13. The van der Waals surface area contributed by atoms with Gasteiger partial charge in [0.15, 0.2) is 0 Å². The van der Waals surface area contributed by atoms with Gasteiger partial charge in [0, 0.05) is 5.69 Å². The topological polar surface area (TPSA) is 64.6 Å². The Morgan fingerprint density at radius 2 is 1.22 bits per heavy atom.